The van der Waals surface area contributed by atoms with Crippen LogP contribution in [0, 0.1) is 34.0 Å². The number of rotatable bonds is 1. The zero-order valence-corrected chi connectivity index (χ0v) is 22.8. The highest BCUT2D eigenvalue weighted by atomic mass is 16.8. The minimum absolute atomic E-state index is 0.00525. The average molecular weight is 487 g/mol. The number of aliphatic hydroxyl groups excluding tert-OH is 1. The third kappa shape index (κ3) is 2.50. The zero-order chi connectivity index (χ0) is 25.0. The summed E-state index contributed by atoms with van der Waals surface area (Å²) in [6.07, 6.45) is 7.68. The molecule has 0 radical (unpaired) electrons. The van der Waals surface area contributed by atoms with Crippen molar-refractivity contribution in [1.82, 2.24) is 0 Å². The van der Waals surface area contributed by atoms with Gasteiger partial charge < -0.3 is 24.4 Å². The Morgan fingerprint density at radius 2 is 1.71 bits per heavy atom. The minimum atomic E-state index is -1.03. The van der Waals surface area contributed by atoms with Crippen LogP contribution in [0.5, 0.6) is 0 Å². The second kappa shape index (κ2) is 6.57. The minimum Gasteiger partial charge on any atom is -0.388 e. The average Bonchev–Trinajstić information content (AvgIpc) is 3.36. The molecule has 5 nitrogen and oxygen atoms in total. The summed E-state index contributed by atoms with van der Waals surface area (Å²) in [7, 11) is 0. The van der Waals surface area contributed by atoms with Gasteiger partial charge in [0.05, 0.1) is 23.4 Å². The fourth-order valence-electron chi connectivity index (χ4n) is 11.3. The predicted octanol–water partition coefficient (Wildman–Crippen LogP) is 5.13. The third-order valence-corrected chi connectivity index (χ3v) is 12.9. The van der Waals surface area contributed by atoms with Crippen LogP contribution in [0.2, 0.25) is 0 Å². The molecule has 0 aromatic rings. The molecule has 35 heavy (non-hydrogen) atoms. The van der Waals surface area contributed by atoms with Crippen LogP contribution in [0.25, 0.3) is 0 Å². The van der Waals surface area contributed by atoms with E-state index in [4.69, 9.17) is 14.2 Å². The number of ether oxygens (including phenoxy) is 3. The summed E-state index contributed by atoms with van der Waals surface area (Å²) in [6, 6.07) is 0. The van der Waals surface area contributed by atoms with E-state index in [0.717, 1.165) is 38.5 Å². The molecule has 7 rings (SSSR count). The quantitative estimate of drug-likeness (QED) is 0.503. The normalized spacial score (nSPS) is 58.0. The predicted molar refractivity (Wildman–Crippen MR) is 132 cm³/mol. The Bertz CT molecular complexity index is 995. The highest BCUT2D eigenvalue weighted by Gasteiger charge is 2.80. The molecule has 3 aliphatic carbocycles. The van der Waals surface area contributed by atoms with Gasteiger partial charge in [0.1, 0.15) is 12.2 Å². The number of aliphatic hydroxyl groups is 2. The van der Waals surface area contributed by atoms with Crippen molar-refractivity contribution in [3.05, 3.63) is 11.1 Å². The number of hydrogen-bond donors (Lipinski definition) is 2. The molecule has 4 bridgehead atoms. The van der Waals surface area contributed by atoms with Crippen molar-refractivity contribution in [2.24, 2.45) is 34.0 Å². The molecular weight excluding hydrogens is 440 g/mol. The lowest BCUT2D eigenvalue weighted by Gasteiger charge is -2.52. The highest BCUT2D eigenvalue weighted by Crippen LogP contribution is 2.76. The molecule has 2 N–H and O–H groups in total. The molecule has 1 unspecified atom stereocenters. The summed E-state index contributed by atoms with van der Waals surface area (Å²) >= 11 is 0. The number of hydrogen-bond acceptors (Lipinski definition) is 5. The van der Waals surface area contributed by atoms with E-state index in [1.165, 1.54) is 18.4 Å². The van der Waals surface area contributed by atoms with Gasteiger partial charge >= 0.3 is 0 Å². The Hall–Kier alpha value is -0.460. The Morgan fingerprint density at radius 1 is 0.971 bits per heavy atom. The van der Waals surface area contributed by atoms with E-state index >= 15 is 0 Å². The summed E-state index contributed by atoms with van der Waals surface area (Å²) in [5.74, 6) is 0.0201. The zero-order valence-electron chi connectivity index (χ0n) is 22.8. The van der Waals surface area contributed by atoms with Crippen LogP contribution in [0.3, 0.4) is 0 Å². The molecule has 4 saturated heterocycles. The second-order valence-corrected chi connectivity index (χ2v) is 15.2. The first-order valence-corrected chi connectivity index (χ1v) is 14.4. The van der Waals surface area contributed by atoms with E-state index in [2.05, 4.69) is 34.6 Å². The molecule has 0 aromatic carbocycles. The van der Waals surface area contributed by atoms with Gasteiger partial charge in [-0.25, -0.2) is 0 Å². The molecule has 0 amide bonds. The molecule has 196 valence electrons. The fourth-order valence-corrected chi connectivity index (χ4v) is 11.3. The smallest absolute Gasteiger partial charge is 0.199 e. The largest absolute Gasteiger partial charge is 0.388 e. The summed E-state index contributed by atoms with van der Waals surface area (Å²) in [5.41, 5.74) is 1.73. The van der Waals surface area contributed by atoms with Crippen molar-refractivity contribution in [2.75, 3.05) is 0 Å². The number of fused-ring (bicyclic) bond motifs is 5. The van der Waals surface area contributed by atoms with E-state index in [0.29, 0.717) is 17.9 Å². The molecule has 5 heteroatoms. The summed E-state index contributed by atoms with van der Waals surface area (Å²) in [5, 5.41) is 23.3. The van der Waals surface area contributed by atoms with Gasteiger partial charge in [0.2, 0.25) is 0 Å². The van der Waals surface area contributed by atoms with Crippen molar-refractivity contribution in [3.63, 3.8) is 0 Å². The van der Waals surface area contributed by atoms with Crippen LogP contribution in [-0.4, -0.2) is 51.6 Å². The van der Waals surface area contributed by atoms with Crippen molar-refractivity contribution >= 4 is 0 Å². The first kappa shape index (κ1) is 23.6. The standard InChI is InChI=1S/C30H46O5/c1-16-14-19-23(26(4,5)32)35-30(33-19)22(16)27(6)12-10-17-15-29-13-11-21(34-29)25(2,3)20(29)9-8-18(17)28(27,7)24(30)31/h16,19-24,31-32H,8-15H2,1-7H3/t16-,19-,20?,21-,22-,23-,24-,27-,28-,29+,30+/m1/s1. The van der Waals surface area contributed by atoms with Gasteiger partial charge in [0.15, 0.2) is 5.79 Å². The van der Waals surface area contributed by atoms with E-state index in [1.807, 2.05) is 13.8 Å². The maximum Gasteiger partial charge on any atom is 0.199 e. The first-order valence-electron chi connectivity index (χ1n) is 14.4. The molecule has 4 heterocycles. The molecule has 4 aliphatic heterocycles. The van der Waals surface area contributed by atoms with Gasteiger partial charge in [-0.3, -0.25) is 0 Å². The van der Waals surface area contributed by atoms with Crippen molar-refractivity contribution in [3.8, 4) is 0 Å². The fraction of sp³-hybridized carbons (Fsp3) is 0.933. The third-order valence-electron chi connectivity index (χ3n) is 12.9. The SMILES string of the molecule is C[C@@H]1C[C@H]2O[C@]3(O[C@H]2C(C)(C)O)[C@H]1[C@@]1(C)CCC2=C(CCC4C(C)(C)[C@H]5CC[C@@]4(C2)O5)[C@]1(C)[C@H]3O. The molecular formula is C30H46O5. The second-order valence-electron chi connectivity index (χ2n) is 15.2. The summed E-state index contributed by atoms with van der Waals surface area (Å²) in [6.45, 7) is 15.5. The molecule has 2 spiro atoms. The van der Waals surface area contributed by atoms with E-state index in [1.54, 1.807) is 5.57 Å². The highest BCUT2D eigenvalue weighted by molar-refractivity contribution is 5.40. The van der Waals surface area contributed by atoms with Crippen LogP contribution in [0.15, 0.2) is 11.1 Å². The van der Waals surface area contributed by atoms with Crippen LogP contribution >= 0.6 is 0 Å². The molecule has 7 aliphatic rings. The molecule has 1 saturated carbocycles. The van der Waals surface area contributed by atoms with E-state index in [9.17, 15) is 10.2 Å². The van der Waals surface area contributed by atoms with Crippen molar-refractivity contribution < 1.29 is 24.4 Å². The van der Waals surface area contributed by atoms with Crippen LogP contribution in [0.4, 0.5) is 0 Å². The summed E-state index contributed by atoms with van der Waals surface area (Å²) < 4.78 is 20.3. The maximum absolute atomic E-state index is 12.4. The van der Waals surface area contributed by atoms with Crippen molar-refractivity contribution in [2.45, 2.75) is 141 Å². The summed E-state index contributed by atoms with van der Waals surface area (Å²) in [4.78, 5) is 0. The van der Waals surface area contributed by atoms with Crippen LogP contribution in [0.1, 0.15) is 99.8 Å². The monoisotopic (exact) mass is 486 g/mol. The van der Waals surface area contributed by atoms with Crippen LogP contribution in [-0.2, 0) is 14.2 Å². The Kier molecular flexibility index (Phi) is 4.44. The topological polar surface area (TPSA) is 68.2 Å². The molecule has 11 atom stereocenters. The van der Waals surface area contributed by atoms with E-state index in [-0.39, 0.29) is 28.5 Å². The van der Waals surface area contributed by atoms with Crippen molar-refractivity contribution in [1.29, 1.82) is 0 Å². The van der Waals surface area contributed by atoms with Gasteiger partial charge in [-0.1, -0.05) is 45.8 Å². The maximum atomic E-state index is 12.4. The lowest BCUT2D eigenvalue weighted by Crippen LogP contribution is -2.52. The van der Waals surface area contributed by atoms with Gasteiger partial charge in [-0.05, 0) is 87.9 Å². The Labute approximate surface area is 211 Å². The van der Waals surface area contributed by atoms with Crippen LogP contribution < -0.4 is 0 Å². The van der Waals surface area contributed by atoms with Gasteiger partial charge in [-0.2, -0.15) is 0 Å². The van der Waals surface area contributed by atoms with Gasteiger partial charge in [0, 0.05) is 11.3 Å². The lowest BCUT2D eigenvalue weighted by molar-refractivity contribution is -0.280. The molecule has 5 fully saturated rings. The van der Waals surface area contributed by atoms with E-state index < -0.39 is 29.0 Å². The first-order chi connectivity index (χ1) is 16.2. The van der Waals surface area contributed by atoms with Gasteiger partial charge in [0.25, 0.3) is 0 Å². The Balaban J connectivity index is 1.34. The van der Waals surface area contributed by atoms with Gasteiger partial charge in [-0.15, -0.1) is 0 Å². The Morgan fingerprint density at radius 3 is 2.43 bits per heavy atom. The molecule has 0 aromatic heterocycles. The lowest BCUT2D eigenvalue weighted by atomic mass is 9.52.